The average Bonchev–Trinajstić information content (AvgIpc) is 3.02. The van der Waals surface area contributed by atoms with E-state index in [1.54, 1.807) is 0 Å². The molecule has 7 N–H and O–H groups in total. The van der Waals surface area contributed by atoms with Gasteiger partial charge in [-0.05, 0) is 6.42 Å². The van der Waals surface area contributed by atoms with Gasteiger partial charge in [0.1, 0.15) is 48.8 Å². The van der Waals surface area contributed by atoms with E-state index in [4.69, 9.17) is 23.3 Å². The number of rotatable bonds is 24. The average molecular weight is 674 g/mol. The lowest BCUT2D eigenvalue weighted by molar-refractivity contribution is -0.357. The fourth-order valence-electron chi connectivity index (χ4n) is 5.63. The summed E-state index contributed by atoms with van der Waals surface area (Å²) >= 11 is 0. The number of ether oxygens (including phenoxy) is 3. The van der Waals surface area contributed by atoms with Crippen molar-refractivity contribution in [3.8, 4) is 0 Å². The Labute approximate surface area is 267 Å². The molecule has 2 fully saturated rings. The van der Waals surface area contributed by atoms with Crippen LogP contribution in [0.25, 0.3) is 0 Å². The third-order valence-electron chi connectivity index (χ3n) is 8.44. The molecule has 1 unspecified atom stereocenters. The van der Waals surface area contributed by atoms with Gasteiger partial charge >= 0.3 is 0 Å². The van der Waals surface area contributed by atoms with Gasteiger partial charge in [0.15, 0.2) is 12.6 Å². The first-order chi connectivity index (χ1) is 21.6. The van der Waals surface area contributed by atoms with E-state index in [-0.39, 0.29) is 6.61 Å². The number of aliphatic hydroxyl groups excluding tert-OH is 7. The van der Waals surface area contributed by atoms with E-state index in [0.29, 0.717) is 6.42 Å². The maximum absolute atomic E-state index is 12.4. The van der Waals surface area contributed by atoms with Gasteiger partial charge < -0.3 is 59.4 Å². The van der Waals surface area contributed by atoms with E-state index < -0.39 is 82.4 Å². The van der Waals surface area contributed by atoms with Crippen molar-refractivity contribution in [2.45, 2.75) is 171 Å². The molecule has 2 aliphatic heterocycles. The van der Waals surface area contributed by atoms with Gasteiger partial charge in [0, 0.05) is 0 Å². The Bertz CT molecular complexity index is 805. The summed E-state index contributed by atoms with van der Waals surface area (Å²) in [5.74, 6) is 0. The van der Waals surface area contributed by atoms with Crippen LogP contribution in [0, 0.1) is 0 Å². The maximum Gasteiger partial charge on any atom is 0.270 e. The maximum atomic E-state index is 12.4. The van der Waals surface area contributed by atoms with Crippen LogP contribution in [-0.2, 0) is 27.8 Å². The number of phosphoric acid groups is 1. The minimum Gasteiger partial charge on any atom is -0.756 e. The van der Waals surface area contributed by atoms with Crippen LogP contribution >= 0.6 is 7.82 Å². The molecule has 0 saturated carbocycles. The standard InChI is InChI=1S/C30H59O14P/c1-2-3-4-5-6-7-8-9-10-11-12-13-14-15-16-17-18-40-45(38,39)44-30-27(37)25(35)28(22(20-32)42-30)43-29-26(36)24(34)23(33)21(19-31)41-29/h21-37H,2-20H2,1H3,(H,38,39)/p-1/t21-,22-,23+,24+,25-,26-,27+,28-,29+,30-/m1/s1. The molecule has 14 nitrogen and oxygen atoms in total. The van der Waals surface area contributed by atoms with Gasteiger partial charge in [0.25, 0.3) is 7.82 Å². The molecule has 11 atom stereocenters. The quantitative estimate of drug-likeness (QED) is 0.0567. The Kier molecular flexibility index (Phi) is 20.3. The summed E-state index contributed by atoms with van der Waals surface area (Å²) in [5, 5.41) is 70.3. The molecule has 2 heterocycles. The molecule has 0 aromatic heterocycles. The lowest BCUT2D eigenvalue weighted by Crippen LogP contribution is -2.64. The smallest absolute Gasteiger partial charge is 0.270 e. The number of hydrogen-bond acceptors (Lipinski definition) is 14. The van der Waals surface area contributed by atoms with Crippen LogP contribution in [0.15, 0.2) is 0 Å². The Morgan fingerprint density at radius 2 is 1.04 bits per heavy atom. The molecular formula is C30H58O14P-. The molecule has 2 rings (SSSR count). The summed E-state index contributed by atoms with van der Waals surface area (Å²) in [6.07, 6.45) is 1.77. The summed E-state index contributed by atoms with van der Waals surface area (Å²) < 4.78 is 38.1. The molecule has 0 aliphatic carbocycles. The zero-order valence-electron chi connectivity index (χ0n) is 26.6. The predicted octanol–water partition coefficient (Wildman–Crippen LogP) is 1.37. The van der Waals surface area contributed by atoms with Crippen molar-refractivity contribution in [3.05, 3.63) is 0 Å². The highest BCUT2D eigenvalue weighted by Crippen LogP contribution is 2.43. The van der Waals surface area contributed by atoms with Crippen LogP contribution in [0.1, 0.15) is 110 Å². The second kappa shape index (κ2) is 22.4. The fraction of sp³-hybridized carbons (Fsp3) is 1.00. The minimum atomic E-state index is -4.97. The Morgan fingerprint density at radius 3 is 1.53 bits per heavy atom. The fourth-order valence-corrected chi connectivity index (χ4v) is 6.47. The summed E-state index contributed by atoms with van der Waals surface area (Å²) in [5.41, 5.74) is 0. The van der Waals surface area contributed by atoms with Crippen LogP contribution in [0.3, 0.4) is 0 Å². The van der Waals surface area contributed by atoms with Gasteiger partial charge in [-0.15, -0.1) is 0 Å². The van der Waals surface area contributed by atoms with Crippen LogP contribution in [0.4, 0.5) is 0 Å². The molecule has 45 heavy (non-hydrogen) atoms. The highest BCUT2D eigenvalue weighted by Gasteiger charge is 2.51. The number of phosphoric ester groups is 1. The minimum absolute atomic E-state index is 0.128. The topological polar surface area (TPSA) is 228 Å². The molecule has 0 bridgehead atoms. The Morgan fingerprint density at radius 1 is 0.600 bits per heavy atom. The number of aliphatic hydroxyl groups is 7. The van der Waals surface area contributed by atoms with Crippen molar-refractivity contribution >= 4 is 7.82 Å². The molecule has 0 aromatic rings. The van der Waals surface area contributed by atoms with Crippen LogP contribution in [0.5, 0.6) is 0 Å². The van der Waals surface area contributed by atoms with Crippen molar-refractivity contribution in [1.29, 1.82) is 0 Å². The van der Waals surface area contributed by atoms with E-state index in [9.17, 15) is 45.2 Å². The van der Waals surface area contributed by atoms with Crippen molar-refractivity contribution in [2.24, 2.45) is 0 Å². The first kappa shape index (κ1) is 40.9. The molecule has 15 heteroatoms. The van der Waals surface area contributed by atoms with E-state index in [1.165, 1.54) is 70.6 Å². The van der Waals surface area contributed by atoms with Crippen molar-refractivity contribution in [2.75, 3.05) is 19.8 Å². The van der Waals surface area contributed by atoms with E-state index in [1.807, 2.05) is 0 Å². The van der Waals surface area contributed by atoms with E-state index in [2.05, 4.69) is 6.92 Å². The van der Waals surface area contributed by atoms with Crippen molar-refractivity contribution in [3.63, 3.8) is 0 Å². The first-order valence-electron chi connectivity index (χ1n) is 16.8. The Hall–Kier alpha value is -0.290. The molecular weight excluding hydrogens is 615 g/mol. The monoisotopic (exact) mass is 673 g/mol. The molecule has 0 aromatic carbocycles. The van der Waals surface area contributed by atoms with Crippen LogP contribution < -0.4 is 4.89 Å². The van der Waals surface area contributed by atoms with Gasteiger partial charge in [-0.3, -0.25) is 9.09 Å². The summed E-state index contributed by atoms with van der Waals surface area (Å²) in [6.45, 7) is 0.556. The molecule has 268 valence electrons. The third kappa shape index (κ3) is 14.4. The lowest BCUT2D eigenvalue weighted by Gasteiger charge is -2.46. The SMILES string of the molecule is CCCCCCCCCCCCCCCCCCOP(=O)([O-])O[C@H]1O[C@H](CO)[C@@H](O[C@@H]2O[C@H](CO)[C@H](O)[C@H](O)[C@H]2O)[C@H](O)[C@@H]1O. The number of hydrogen-bond donors (Lipinski definition) is 7. The summed E-state index contributed by atoms with van der Waals surface area (Å²) in [6, 6.07) is 0. The highest BCUT2D eigenvalue weighted by molar-refractivity contribution is 7.45. The zero-order valence-corrected chi connectivity index (χ0v) is 27.5. The van der Waals surface area contributed by atoms with Gasteiger partial charge in [0.2, 0.25) is 0 Å². The molecule has 2 saturated heterocycles. The van der Waals surface area contributed by atoms with Crippen LogP contribution in [-0.4, -0.2) is 117 Å². The molecule has 0 spiro atoms. The van der Waals surface area contributed by atoms with Gasteiger partial charge in [-0.1, -0.05) is 103 Å². The normalized spacial score (nSPS) is 33.7. The van der Waals surface area contributed by atoms with Crippen molar-refractivity contribution < 1.29 is 68.5 Å². The van der Waals surface area contributed by atoms with Gasteiger partial charge in [-0.25, -0.2) is 0 Å². The first-order valence-corrected chi connectivity index (χ1v) is 18.2. The van der Waals surface area contributed by atoms with E-state index in [0.717, 1.165) is 25.7 Å². The largest absolute Gasteiger partial charge is 0.756 e. The molecule has 0 amide bonds. The second-order valence-corrected chi connectivity index (χ2v) is 13.6. The lowest BCUT2D eigenvalue weighted by atomic mass is 9.97. The van der Waals surface area contributed by atoms with Crippen LogP contribution in [0.2, 0.25) is 0 Å². The second-order valence-electron chi connectivity index (χ2n) is 12.2. The van der Waals surface area contributed by atoms with E-state index >= 15 is 0 Å². The van der Waals surface area contributed by atoms with Gasteiger partial charge in [-0.2, -0.15) is 0 Å². The predicted molar refractivity (Wildman–Crippen MR) is 161 cm³/mol. The van der Waals surface area contributed by atoms with Crippen molar-refractivity contribution in [1.82, 2.24) is 0 Å². The Balaban J connectivity index is 1.62. The third-order valence-corrected chi connectivity index (χ3v) is 9.41. The highest BCUT2D eigenvalue weighted by atomic mass is 31.2. The molecule has 0 radical (unpaired) electrons. The number of unbranched alkanes of at least 4 members (excludes halogenated alkanes) is 15. The zero-order chi connectivity index (χ0) is 33.2. The summed E-state index contributed by atoms with van der Waals surface area (Å²) in [4.78, 5) is 12.4. The molecule has 2 aliphatic rings. The van der Waals surface area contributed by atoms with Gasteiger partial charge in [0.05, 0.1) is 19.8 Å². The summed E-state index contributed by atoms with van der Waals surface area (Å²) in [7, 11) is -4.97.